The van der Waals surface area contributed by atoms with E-state index in [2.05, 4.69) is 4.98 Å². The Kier molecular flexibility index (Phi) is 2.84. The summed E-state index contributed by atoms with van der Waals surface area (Å²) < 4.78 is 0.843. The molecule has 0 saturated carbocycles. The summed E-state index contributed by atoms with van der Waals surface area (Å²) in [6.07, 6.45) is 1.56. The molecule has 54 valence electrons. The number of H-pyrrole nitrogens is 1. The van der Waals surface area contributed by atoms with Crippen molar-refractivity contribution in [3.05, 3.63) is 28.7 Å². The van der Waals surface area contributed by atoms with Crippen LogP contribution in [0.25, 0.3) is 0 Å². The molecule has 2 nitrogen and oxygen atoms in total. The molecule has 0 spiro atoms. The van der Waals surface area contributed by atoms with E-state index >= 15 is 0 Å². The third-order valence-corrected chi connectivity index (χ3v) is 4.39. The van der Waals surface area contributed by atoms with Gasteiger partial charge in [-0.2, -0.15) is 0 Å². The predicted molar refractivity (Wildman–Crippen MR) is 44.2 cm³/mol. The summed E-state index contributed by atoms with van der Waals surface area (Å²) >= 11 is -1.84. The van der Waals surface area contributed by atoms with Gasteiger partial charge in [0.15, 0.2) is 0 Å². The number of aromatic amines is 1. The number of rotatable bonds is 1. The summed E-state index contributed by atoms with van der Waals surface area (Å²) in [5.41, 5.74) is -0.132. The van der Waals surface area contributed by atoms with Crippen LogP contribution >= 0.6 is 19.9 Å². The molecule has 1 aromatic rings. The van der Waals surface area contributed by atoms with Gasteiger partial charge < -0.3 is 0 Å². The van der Waals surface area contributed by atoms with Crippen molar-refractivity contribution >= 4 is 37.0 Å². The molecule has 0 atom stereocenters. The van der Waals surface area contributed by atoms with E-state index in [9.17, 15) is 4.79 Å². The molecular formula is C5H4AsCl2NO. The van der Waals surface area contributed by atoms with Gasteiger partial charge >= 0.3 is 70.7 Å². The Bertz CT molecular complexity index is 252. The summed E-state index contributed by atoms with van der Waals surface area (Å²) in [4.78, 5) is 13.0. The van der Waals surface area contributed by atoms with E-state index in [1.165, 1.54) is 6.07 Å². The number of pyridine rings is 1. The summed E-state index contributed by atoms with van der Waals surface area (Å²) in [7, 11) is 11.3. The van der Waals surface area contributed by atoms with E-state index in [0.717, 1.165) is 4.35 Å². The molecule has 1 heterocycles. The fourth-order valence-electron chi connectivity index (χ4n) is 0.508. The van der Waals surface area contributed by atoms with E-state index in [-0.39, 0.29) is 5.56 Å². The molecule has 10 heavy (non-hydrogen) atoms. The second-order valence-corrected chi connectivity index (χ2v) is 8.12. The van der Waals surface area contributed by atoms with Gasteiger partial charge in [-0.25, -0.2) is 0 Å². The second kappa shape index (κ2) is 3.47. The fraction of sp³-hybridized carbons (Fsp3) is 0. The van der Waals surface area contributed by atoms with E-state index in [1.807, 2.05) is 0 Å². The van der Waals surface area contributed by atoms with Crippen molar-refractivity contribution in [2.24, 2.45) is 0 Å². The first-order valence-electron chi connectivity index (χ1n) is 2.50. The second-order valence-electron chi connectivity index (χ2n) is 1.64. The molecule has 0 unspecified atom stereocenters. The topological polar surface area (TPSA) is 32.9 Å². The van der Waals surface area contributed by atoms with Gasteiger partial charge in [0.25, 0.3) is 0 Å². The number of hydrogen-bond acceptors (Lipinski definition) is 1. The molecule has 1 N–H and O–H groups in total. The van der Waals surface area contributed by atoms with Gasteiger partial charge in [0.05, 0.1) is 0 Å². The molecule has 0 aliphatic carbocycles. The summed E-state index contributed by atoms with van der Waals surface area (Å²) in [5.74, 6) is 0. The van der Waals surface area contributed by atoms with Crippen LogP contribution in [0.2, 0.25) is 0 Å². The molecule has 0 amide bonds. The molecule has 0 saturated heterocycles. The van der Waals surface area contributed by atoms with Gasteiger partial charge in [0.2, 0.25) is 0 Å². The van der Waals surface area contributed by atoms with Gasteiger partial charge in [-0.05, 0) is 0 Å². The molecule has 0 bridgehead atoms. The van der Waals surface area contributed by atoms with E-state index < -0.39 is 12.8 Å². The molecule has 0 aromatic carbocycles. The Morgan fingerprint density at radius 1 is 1.40 bits per heavy atom. The van der Waals surface area contributed by atoms with Crippen LogP contribution in [0.3, 0.4) is 0 Å². The Balaban J connectivity index is 3.00. The molecule has 0 aliphatic heterocycles. The van der Waals surface area contributed by atoms with Crippen molar-refractivity contribution in [3.8, 4) is 0 Å². The minimum absolute atomic E-state index is 0.132. The van der Waals surface area contributed by atoms with Crippen LogP contribution in [0.15, 0.2) is 23.1 Å². The van der Waals surface area contributed by atoms with Crippen LogP contribution in [0.5, 0.6) is 0 Å². The first kappa shape index (κ1) is 8.19. The Morgan fingerprint density at radius 3 is 2.50 bits per heavy atom. The molecule has 0 radical (unpaired) electrons. The zero-order valence-electron chi connectivity index (χ0n) is 4.84. The van der Waals surface area contributed by atoms with E-state index in [0.29, 0.717) is 0 Å². The van der Waals surface area contributed by atoms with Crippen LogP contribution in [-0.2, 0) is 0 Å². The standard InChI is InChI=1S/C5H4AsCl2NO/c7-6(8)4-1-2-5(10)9-3-4/h1-3H,(H,9,10). The maximum absolute atomic E-state index is 10.5. The van der Waals surface area contributed by atoms with Crippen LogP contribution in [0.4, 0.5) is 0 Å². The number of aromatic nitrogens is 1. The van der Waals surface area contributed by atoms with Crippen molar-refractivity contribution in [2.75, 3.05) is 0 Å². The Morgan fingerprint density at radius 2 is 2.10 bits per heavy atom. The zero-order valence-corrected chi connectivity index (χ0v) is 8.23. The van der Waals surface area contributed by atoms with Crippen molar-refractivity contribution in [1.29, 1.82) is 0 Å². The Labute approximate surface area is 70.7 Å². The zero-order chi connectivity index (χ0) is 7.56. The van der Waals surface area contributed by atoms with Crippen molar-refractivity contribution < 1.29 is 0 Å². The summed E-state index contributed by atoms with van der Waals surface area (Å²) in [6, 6.07) is 3.07. The van der Waals surface area contributed by atoms with Crippen molar-refractivity contribution in [2.45, 2.75) is 0 Å². The van der Waals surface area contributed by atoms with Gasteiger partial charge in [-0.3, -0.25) is 0 Å². The van der Waals surface area contributed by atoms with Gasteiger partial charge in [-0.15, -0.1) is 0 Å². The summed E-state index contributed by atoms with van der Waals surface area (Å²) in [6.45, 7) is 0. The average Bonchev–Trinajstić information content (AvgIpc) is 1.88. The number of hydrogen-bond donors (Lipinski definition) is 1. The quantitative estimate of drug-likeness (QED) is 0.714. The molecular weight excluding hydrogens is 236 g/mol. The van der Waals surface area contributed by atoms with Crippen LogP contribution in [-0.4, -0.2) is 17.8 Å². The molecule has 0 fully saturated rings. The molecule has 0 aliphatic rings. The monoisotopic (exact) mass is 239 g/mol. The van der Waals surface area contributed by atoms with Gasteiger partial charge in [-0.1, -0.05) is 0 Å². The SMILES string of the molecule is O=c1ccc([As](Cl)Cl)c[nH]1. The van der Waals surface area contributed by atoms with Crippen molar-refractivity contribution in [1.82, 2.24) is 4.98 Å². The predicted octanol–water partition coefficient (Wildman–Crippen LogP) is 0.548. The van der Waals surface area contributed by atoms with E-state index in [1.54, 1.807) is 12.3 Å². The molecule has 1 aromatic heterocycles. The summed E-state index contributed by atoms with van der Waals surface area (Å²) in [5, 5.41) is 0. The van der Waals surface area contributed by atoms with Crippen LogP contribution < -0.4 is 9.91 Å². The fourth-order valence-corrected chi connectivity index (χ4v) is 2.33. The van der Waals surface area contributed by atoms with Crippen molar-refractivity contribution in [3.63, 3.8) is 0 Å². The van der Waals surface area contributed by atoms with Crippen LogP contribution in [0.1, 0.15) is 0 Å². The first-order valence-corrected chi connectivity index (χ1v) is 8.37. The van der Waals surface area contributed by atoms with Crippen LogP contribution in [0, 0.1) is 0 Å². The number of halogens is 2. The third kappa shape index (κ3) is 2.05. The van der Waals surface area contributed by atoms with Gasteiger partial charge in [0.1, 0.15) is 0 Å². The first-order chi connectivity index (χ1) is 4.70. The third-order valence-electron chi connectivity index (χ3n) is 0.963. The molecule has 5 heteroatoms. The average molecular weight is 240 g/mol. The molecule has 1 rings (SSSR count). The Hall–Kier alpha value is 0.0884. The number of nitrogens with one attached hydrogen (secondary N) is 1. The minimum atomic E-state index is -1.84. The van der Waals surface area contributed by atoms with Gasteiger partial charge in [0, 0.05) is 0 Å². The maximum atomic E-state index is 10.5. The normalized spacial score (nSPS) is 10.3. The van der Waals surface area contributed by atoms with E-state index in [4.69, 9.17) is 19.9 Å².